The summed E-state index contributed by atoms with van der Waals surface area (Å²) < 4.78 is 5.74. The number of esters is 1. The molecule has 0 N–H and O–H groups in total. The maximum absolute atomic E-state index is 12.3. The highest BCUT2D eigenvalue weighted by Gasteiger charge is 2.34. The van der Waals surface area contributed by atoms with Gasteiger partial charge in [0, 0.05) is 6.42 Å². The van der Waals surface area contributed by atoms with Gasteiger partial charge in [-0.05, 0) is 55.1 Å². The van der Waals surface area contributed by atoms with Crippen LogP contribution in [0, 0.1) is 11.8 Å². The topological polar surface area (TPSA) is 26.3 Å². The molecule has 1 aliphatic carbocycles. The minimum atomic E-state index is -0.0260. The molecule has 0 bridgehead atoms. The summed E-state index contributed by atoms with van der Waals surface area (Å²) in [6.07, 6.45) is 17.7. The van der Waals surface area contributed by atoms with E-state index in [1.54, 1.807) is 0 Å². The van der Waals surface area contributed by atoms with Crippen molar-refractivity contribution >= 4 is 5.97 Å². The van der Waals surface area contributed by atoms with Gasteiger partial charge in [-0.3, -0.25) is 4.79 Å². The number of carbonyl (C=O) groups excluding carboxylic acids is 1. The van der Waals surface area contributed by atoms with Crippen molar-refractivity contribution < 1.29 is 9.53 Å². The highest BCUT2D eigenvalue weighted by molar-refractivity contribution is 5.74. The molecular weight excluding hydrogens is 356 g/mol. The van der Waals surface area contributed by atoms with Crippen molar-refractivity contribution in [3.63, 3.8) is 0 Å². The van der Waals surface area contributed by atoms with Gasteiger partial charge in [0.2, 0.25) is 0 Å². The smallest absolute Gasteiger partial charge is 0.309 e. The Bertz CT molecular complexity index is 597. The van der Waals surface area contributed by atoms with Gasteiger partial charge in [0.25, 0.3) is 0 Å². The van der Waals surface area contributed by atoms with E-state index in [0.717, 1.165) is 31.1 Å². The van der Waals surface area contributed by atoms with Crippen molar-refractivity contribution in [2.45, 2.75) is 116 Å². The minimum Gasteiger partial charge on any atom is -0.457 e. The molecule has 29 heavy (non-hydrogen) atoms. The van der Waals surface area contributed by atoms with Gasteiger partial charge in [-0.25, -0.2) is 0 Å². The lowest BCUT2D eigenvalue weighted by Crippen LogP contribution is -2.13. The zero-order chi connectivity index (χ0) is 20.5. The molecule has 0 aromatic heterocycles. The van der Waals surface area contributed by atoms with Gasteiger partial charge in [-0.15, -0.1) is 0 Å². The highest BCUT2D eigenvalue weighted by Crippen LogP contribution is 2.40. The fourth-order valence-electron chi connectivity index (χ4n) is 5.33. The molecule has 2 unspecified atom stereocenters. The van der Waals surface area contributed by atoms with E-state index < -0.39 is 0 Å². The van der Waals surface area contributed by atoms with E-state index in [2.05, 4.69) is 38.1 Å². The SMILES string of the molecule is CCCCCCCC1CC(c2ccc(C3CCC(CCCC)CC3)cc2)OC1=O. The molecule has 2 aliphatic rings. The predicted octanol–water partition coefficient (Wildman–Crippen LogP) is 8.12. The first-order chi connectivity index (χ1) is 14.2. The minimum absolute atomic E-state index is 0.0260. The summed E-state index contributed by atoms with van der Waals surface area (Å²) in [5.74, 6) is 1.82. The van der Waals surface area contributed by atoms with Crippen molar-refractivity contribution in [3.05, 3.63) is 35.4 Å². The van der Waals surface area contributed by atoms with Crippen molar-refractivity contribution in [1.29, 1.82) is 0 Å². The average molecular weight is 399 g/mol. The van der Waals surface area contributed by atoms with Gasteiger partial charge in [-0.1, -0.05) is 89.5 Å². The quantitative estimate of drug-likeness (QED) is 0.278. The third-order valence-electron chi connectivity index (χ3n) is 7.34. The van der Waals surface area contributed by atoms with E-state index >= 15 is 0 Å². The second-order valence-corrected chi connectivity index (χ2v) is 9.59. The van der Waals surface area contributed by atoms with Gasteiger partial charge in [-0.2, -0.15) is 0 Å². The number of rotatable bonds is 11. The molecule has 3 rings (SSSR count). The van der Waals surface area contributed by atoms with Crippen LogP contribution >= 0.6 is 0 Å². The maximum atomic E-state index is 12.3. The Morgan fingerprint density at radius 3 is 2.14 bits per heavy atom. The maximum Gasteiger partial charge on any atom is 0.309 e. The van der Waals surface area contributed by atoms with Crippen molar-refractivity contribution in [2.75, 3.05) is 0 Å². The molecule has 2 heteroatoms. The van der Waals surface area contributed by atoms with Gasteiger partial charge >= 0.3 is 5.97 Å². The molecule has 2 fully saturated rings. The number of benzene rings is 1. The summed E-state index contributed by atoms with van der Waals surface area (Å²) >= 11 is 0. The van der Waals surface area contributed by atoms with E-state index in [1.807, 2.05) is 0 Å². The van der Waals surface area contributed by atoms with Crippen molar-refractivity contribution in [2.24, 2.45) is 11.8 Å². The van der Waals surface area contributed by atoms with E-state index in [1.165, 1.54) is 81.8 Å². The largest absolute Gasteiger partial charge is 0.457 e. The zero-order valence-electron chi connectivity index (χ0n) is 18.8. The van der Waals surface area contributed by atoms with Crippen LogP contribution in [0.15, 0.2) is 24.3 Å². The summed E-state index contributed by atoms with van der Waals surface area (Å²) in [5.41, 5.74) is 2.67. The number of hydrogen-bond donors (Lipinski definition) is 0. The second-order valence-electron chi connectivity index (χ2n) is 9.59. The third kappa shape index (κ3) is 6.59. The molecule has 1 aromatic rings. The Morgan fingerprint density at radius 2 is 1.45 bits per heavy atom. The van der Waals surface area contributed by atoms with Crippen molar-refractivity contribution in [1.82, 2.24) is 0 Å². The monoisotopic (exact) mass is 398 g/mol. The van der Waals surface area contributed by atoms with Crippen LogP contribution in [0.4, 0.5) is 0 Å². The lowest BCUT2D eigenvalue weighted by atomic mass is 9.77. The number of unbranched alkanes of at least 4 members (excludes halogenated alkanes) is 5. The number of hydrogen-bond acceptors (Lipinski definition) is 2. The second kappa shape index (κ2) is 11.8. The summed E-state index contributed by atoms with van der Waals surface area (Å²) in [6.45, 7) is 4.54. The Hall–Kier alpha value is -1.31. The van der Waals surface area contributed by atoms with Crippen LogP contribution in [-0.2, 0) is 9.53 Å². The first-order valence-electron chi connectivity index (χ1n) is 12.5. The zero-order valence-corrected chi connectivity index (χ0v) is 18.8. The molecule has 162 valence electrons. The standard InChI is InChI=1S/C27H42O2/c1-3-5-7-8-9-11-25-20-26(29-27(25)28)24-18-16-23(17-19-24)22-14-12-21(13-15-22)10-6-4-2/h16-19,21-22,25-26H,3-15,20H2,1-2H3. The van der Waals surface area contributed by atoms with Crippen LogP contribution in [0.3, 0.4) is 0 Å². The molecule has 1 saturated carbocycles. The molecule has 1 heterocycles. The lowest BCUT2D eigenvalue weighted by Gasteiger charge is -2.29. The summed E-state index contributed by atoms with van der Waals surface area (Å²) in [6, 6.07) is 9.05. The Kier molecular flexibility index (Phi) is 9.08. The number of cyclic esters (lactones) is 1. The van der Waals surface area contributed by atoms with E-state index in [0.29, 0.717) is 0 Å². The van der Waals surface area contributed by atoms with Crippen LogP contribution in [0.2, 0.25) is 0 Å². The lowest BCUT2D eigenvalue weighted by molar-refractivity contribution is -0.144. The predicted molar refractivity (Wildman–Crippen MR) is 121 cm³/mol. The fourth-order valence-corrected chi connectivity index (χ4v) is 5.33. The molecule has 1 aromatic carbocycles. The average Bonchev–Trinajstić information content (AvgIpc) is 3.13. The van der Waals surface area contributed by atoms with Gasteiger partial charge < -0.3 is 4.74 Å². The molecule has 2 atom stereocenters. The Balaban J connectivity index is 1.45. The molecule has 1 saturated heterocycles. The van der Waals surface area contributed by atoms with Crippen LogP contribution in [0.1, 0.15) is 127 Å². The Labute approximate surface area is 178 Å². The molecular formula is C27H42O2. The summed E-state index contributed by atoms with van der Waals surface area (Å²) in [4.78, 5) is 12.3. The van der Waals surface area contributed by atoms with Crippen molar-refractivity contribution in [3.8, 4) is 0 Å². The van der Waals surface area contributed by atoms with E-state index in [9.17, 15) is 4.79 Å². The molecule has 0 amide bonds. The number of ether oxygens (including phenoxy) is 1. The first-order valence-corrected chi connectivity index (χ1v) is 12.5. The highest BCUT2D eigenvalue weighted by atomic mass is 16.5. The van der Waals surface area contributed by atoms with Gasteiger partial charge in [0.05, 0.1) is 5.92 Å². The molecule has 0 radical (unpaired) electrons. The van der Waals surface area contributed by atoms with Crippen LogP contribution in [0.5, 0.6) is 0 Å². The van der Waals surface area contributed by atoms with Crippen LogP contribution < -0.4 is 0 Å². The van der Waals surface area contributed by atoms with Crippen LogP contribution in [-0.4, -0.2) is 5.97 Å². The first kappa shape index (κ1) is 22.4. The van der Waals surface area contributed by atoms with E-state index in [4.69, 9.17) is 4.74 Å². The van der Waals surface area contributed by atoms with Gasteiger partial charge in [0.15, 0.2) is 0 Å². The number of carbonyl (C=O) groups is 1. The fraction of sp³-hybridized carbons (Fsp3) is 0.741. The third-order valence-corrected chi connectivity index (χ3v) is 7.34. The Morgan fingerprint density at radius 1 is 0.793 bits per heavy atom. The normalized spacial score (nSPS) is 27.2. The molecule has 0 spiro atoms. The molecule has 1 aliphatic heterocycles. The molecule has 2 nitrogen and oxygen atoms in total. The summed E-state index contributed by atoms with van der Waals surface area (Å²) in [5, 5.41) is 0. The van der Waals surface area contributed by atoms with Crippen LogP contribution in [0.25, 0.3) is 0 Å². The van der Waals surface area contributed by atoms with E-state index in [-0.39, 0.29) is 18.0 Å². The van der Waals surface area contributed by atoms with Gasteiger partial charge in [0.1, 0.15) is 6.10 Å². The summed E-state index contributed by atoms with van der Waals surface area (Å²) in [7, 11) is 0.